The van der Waals surface area contributed by atoms with E-state index < -0.39 is 18.5 Å². The highest BCUT2D eigenvalue weighted by Gasteiger charge is 2.15. The molecule has 114 valence electrons. The van der Waals surface area contributed by atoms with Gasteiger partial charge in [-0.25, -0.2) is 9.78 Å². The quantitative estimate of drug-likeness (QED) is 0.619. The van der Waals surface area contributed by atoms with Crippen LogP contribution in [0, 0.1) is 0 Å². The molecule has 2 rings (SSSR count). The van der Waals surface area contributed by atoms with Crippen LogP contribution in [-0.2, 0) is 9.53 Å². The maximum absolute atomic E-state index is 11.9. The summed E-state index contributed by atoms with van der Waals surface area (Å²) < 4.78 is 5.59. The number of aromatic nitrogens is 1. The lowest BCUT2D eigenvalue weighted by Crippen LogP contribution is -2.21. The number of esters is 1. The summed E-state index contributed by atoms with van der Waals surface area (Å²) in [5.41, 5.74) is 0.508. The first-order valence-electron chi connectivity index (χ1n) is 6.00. The first kappa shape index (κ1) is 16.7. The van der Waals surface area contributed by atoms with Crippen molar-refractivity contribution >= 4 is 56.7 Å². The normalized spacial score (nSPS) is 10.1. The van der Waals surface area contributed by atoms with Gasteiger partial charge in [-0.1, -0.05) is 39.1 Å². The first-order chi connectivity index (χ1) is 10.5. The molecule has 2 aromatic rings. The number of ether oxygens (including phenoxy) is 1. The van der Waals surface area contributed by atoms with Gasteiger partial charge in [-0.15, -0.1) is 0 Å². The Hall–Kier alpha value is -1.63. The molecule has 1 heterocycles. The Morgan fingerprint density at radius 1 is 1.27 bits per heavy atom. The Labute approximate surface area is 144 Å². The summed E-state index contributed by atoms with van der Waals surface area (Å²) in [5, 5.41) is 2.88. The molecule has 1 aromatic heterocycles. The minimum Gasteiger partial charge on any atom is -0.452 e. The standard InChI is InChI=1S/C14H9BrCl2N2O3/c15-8-3-4-10(16)9(6-8)14(21)22-7-12(20)19-11-2-1-5-18-13(11)17/h1-6H,7H2,(H,19,20). The second kappa shape index (κ2) is 7.58. The lowest BCUT2D eigenvalue weighted by Gasteiger charge is -2.08. The van der Waals surface area contributed by atoms with Gasteiger partial charge in [0.25, 0.3) is 5.91 Å². The summed E-state index contributed by atoms with van der Waals surface area (Å²) in [5.74, 6) is -1.23. The van der Waals surface area contributed by atoms with Crippen molar-refractivity contribution in [1.29, 1.82) is 0 Å². The smallest absolute Gasteiger partial charge is 0.340 e. The molecule has 0 unspecified atom stereocenters. The maximum Gasteiger partial charge on any atom is 0.340 e. The van der Waals surface area contributed by atoms with Gasteiger partial charge in [0.15, 0.2) is 11.8 Å². The number of pyridine rings is 1. The van der Waals surface area contributed by atoms with Crippen LogP contribution in [0.25, 0.3) is 0 Å². The molecule has 1 aromatic carbocycles. The highest BCUT2D eigenvalue weighted by atomic mass is 79.9. The summed E-state index contributed by atoms with van der Waals surface area (Å²) in [6, 6.07) is 7.96. The van der Waals surface area contributed by atoms with Crippen LogP contribution in [0.3, 0.4) is 0 Å². The van der Waals surface area contributed by atoms with Crippen LogP contribution in [0.5, 0.6) is 0 Å². The summed E-state index contributed by atoms with van der Waals surface area (Å²) in [6.45, 7) is -0.465. The van der Waals surface area contributed by atoms with Gasteiger partial charge in [0, 0.05) is 10.7 Å². The molecule has 0 bridgehead atoms. The molecule has 0 aliphatic carbocycles. The number of benzene rings is 1. The van der Waals surface area contributed by atoms with Crippen molar-refractivity contribution in [3.63, 3.8) is 0 Å². The van der Waals surface area contributed by atoms with Crippen LogP contribution in [0.2, 0.25) is 10.2 Å². The van der Waals surface area contributed by atoms with Gasteiger partial charge in [-0.05, 0) is 30.3 Å². The molecule has 1 amide bonds. The molecule has 0 spiro atoms. The Bertz CT molecular complexity index is 725. The summed E-state index contributed by atoms with van der Waals surface area (Å²) in [6.07, 6.45) is 1.49. The second-order valence-electron chi connectivity index (χ2n) is 4.09. The van der Waals surface area contributed by atoms with Crippen LogP contribution in [-0.4, -0.2) is 23.5 Å². The van der Waals surface area contributed by atoms with Crippen LogP contribution >= 0.6 is 39.1 Å². The van der Waals surface area contributed by atoms with E-state index in [1.807, 2.05) is 0 Å². The third kappa shape index (κ3) is 4.43. The fourth-order valence-electron chi connectivity index (χ4n) is 1.53. The average Bonchev–Trinajstić information content (AvgIpc) is 2.49. The van der Waals surface area contributed by atoms with Gasteiger partial charge < -0.3 is 10.1 Å². The van der Waals surface area contributed by atoms with Crippen LogP contribution in [0.4, 0.5) is 5.69 Å². The van der Waals surface area contributed by atoms with E-state index in [0.29, 0.717) is 10.2 Å². The molecular weight excluding hydrogens is 395 g/mol. The van der Waals surface area contributed by atoms with Gasteiger partial charge in [0.1, 0.15) is 0 Å². The number of halogens is 3. The molecule has 0 atom stereocenters. The maximum atomic E-state index is 11.9. The van der Waals surface area contributed by atoms with E-state index in [4.69, 9.17) is 27.9 Å². The van der Waals surface area contributed by atoms with E-state index in [1.165, 1.54) is 12.3 Å². The van der Waals surface area contributed by atoms with Crippen molar-refractivity contribution < 1.29 is 14.3 Å². The molecule has 0 radical (unpaired) electrons. The molecule has 22 heavy (non-hydrogen) atoms. The average molecular weight is 404 g/mol. The minimum atomic E-state index is -0.696. The van der Waals surface area contributed by atoms with Crippen LogP contribution in [0.1, 0.15) is 10.4 Å². The van der Waals surface area contributed by atoms with E-state index >= 15 is 0 Å². The van der Waals surface area contributed by atoms with Gasteiger partial charge in [0.05, 0.1) is 16.3 Å². The van der Waals surface area contributed by atoms with Crippen molar-refractivity contribution in [2.24, 2.45) is 0 Å². The SMILES string of the molecule is O=C(COC(=O)c1cc(Br)ccc1Cl)Nc1cccnc1Cl. The third-order valence-corrected chi connectivity index (χ3v) is 3.64. The molecule has 8 heteroatoms. The molecule has 1 N–H and O–H groups in total. The highest BCUT2D eigenvalue weighted by Crippen LogP contribution is 2.22. The Balaban J connectivity index is 1.95. The number of nitrogens with zero attached hydrogens (tertiary/aromatic N) is 1. The lowest BCUT2D eigenvalue weighted by molar-refractivity contribution is -0.119. The van der Waals surface area contributed by atoms with Crippen molar-refractivity contribution in [3.05, 3.63) is 56.7 Å². The molecule has 0 saturated carbocycles. The number of carbonyl (C=O) groups is 2. The number of hydrogen-bond donors (Lipinski definition) is 1. The molecule has 0 fully saturated rings. The van der Waals surface area contributed by atoms with E-state index in [0.717, 1.165) is 0 Å². The van der Waals surface area contributed by atoms with Crippen molar-refractivity contribution in [3.8, 4) is 0 Å². The molecule has 0 saturated heterocycles. The minimum absolute atomic E-state index is 0.150. The topological polar surface area (TPSA) is 68.3 Å². The van der Waals surface area contributed by atoms with Gasteiger partial charge in [-0.2, -0.15) is 0 Å². The fourth-order valence-corrected chi connectivity index (χ4v) is 2.25. The summed E-state index contributed by atoms with van der Waals surface area (Å²) in [4.78, 5) is 27.4. The van der Waals surface area contributed by atoms with Crippen LogP contribution < -0.4 is 5.32 Å². The number of nitrogens with one attached hydrogen (secondary N) is 1. The van der Waals surface area contributed by atoms with Gasteiger partial charge >= 0.3 is 5.97 Å². The highest BCUT2D eigenvalue weighted by molar-refractivity contribution is 9.10. The number of rotatable bonds is 4. The zero-order valence-corrected chi connectivity index (χ0v) is 14.1. The number of hydrogen-bond acceptors (Lipinski definition) is 4. The van der Waals surface area contributed by atoms with E-state index in [1.54, 1.807) is 24.3 Å². The number of amides is 1. The zero-order chi connectivity index (χ0) is 16.1. The van der Waals surface area contributed by atoms with Gasteiger partial charge in [0.2, 0.25) is 0 Å². The Morgan fingerprint density at radius 2 is 2.05 bits per heavy atom. The van der Waals surface area contributed by atoms with Gasteiger partial charge in [-0.3, -0.25) is 4.79 Å². The van der Waals surface area contributed by atoms with Crippen molar-refractivity contribution in [1.82, 2.24) is 4.98 Å². The zero-order valence-electron chi connectivity index (χ0n) is 11.0. The second-order valence-corrected chi connectivity index (χ2v) is 5.77. The summed E-state index contributed by atoms with van der Waals surface area (Å²) in [7, 11) is 0. The molecule has 0 aliphatic rings. The largest absolute Gasteiger partial charge is 0.452 e. The first-order valence-corrected chi connectivity index (χ1v) is 7.55. The third-order valence-electron chi connectivity index (χ3n) is 2.52. The van der Waals surface area contributed by atoms with E-state index in [2.05, 4.69) is 26.2 Å². The predicted octanol–water partition coefficient (Wildman–Crippen LogP) is 3.95. The number of anilines is 1. The van der Waals surface area contributed by atoms with E-state index in [9.17, 15) is 9.59 Å². The molecule has 5 nitrogen and oxygen atoms in total. The summed E-state index contributed by atoms with van der Waals surface area (Å²) >= 11 is 14.9. The van der Waals surface area contributed by atoms with Crippen molar-refractivity contribution in [2.45, 2.75) is 0 Å². The molecular formula is C14H9BrCl2N2O3. The Kier molecular flexibility index (Phi) is 5.76. The molecule has 0 aliphatic heterocycles. The lowest BCUT2D eigenvalue weighted by atomic mass is 10.2. The monoisotopic (exact) mass is 402 g/mol. The predicted molar refractivity (Wildman–Crippen MR) is 87.3 cm³/mol. The Morgan fingerprint density at radius 3 is 2.77 bits per heavy atom. The fraction of sp³-hybridized carbons (Fsp3) is 0.0714. The van der Waals surface area contributed by atoms with Crippen LogP contribution in [0.15, 0.2) is 41.0 Å². The van der Waals surface area contributed by atoms with E-state index in [-0.39, 0.29) is 15.7 Å². The number of carbonyl (C=O) groups excluding carboxylic acids is 2. The van der Waals surface area contributed by atoms with Crippen molar-refractivity contribution in [2.75, 3.05) is 11.9 Å².